The van der Waals surface area contributed by atoms with Crippen molar-refractivity contribution in [3.8, 4) is 0 Å². The summed E-state index contributed by atoms with van der Waals surface area (Å²) in [5, 5.41) is 0. The second-order valence-electron chi connectivity index (χ2n) is 3.94. The molecule has 1 saturated carbocycles. The third-order valence-corrected chi connectivity index (χ3v) is 2.67. The van der Waals surface area contributed by atoms with Gasteiger partial charge in [-0.1, -0.05) is 19.3 Å². The molecule has 0 radical (unpaired) electrons. The van der Waals surface area contributed by atoms with Gasteiger partial charge in [0.2, 0.25) is 0 Å². The largest absolute Gasteiger partial charge is 0.466 e. The SMILES string of the molecule is CCOC(=O)CC=C=CC1CCCCC1. The van der Waals surface area contributed by atoms with Gasteiger partial charge in [-0.05, 0) is 37.8 Å². The minimum atomic E-state index is -0.165. The van der Waals surface area contributed by atoms with E-state index in [9.17, 15) is 4.79 Å². The molecule has 2 heteroatoms. The van der Waals surface area contributed by atoms with Crippen LogP contribution >= 0.6 is 0 Å². The van der Waals surface area contributed by atoms with Crippen LogP contribution in [0.5, 0.6) is 0 Å². The second kappa shape index (κ2) is 7.30. The maximum Gasteiger partial charge on any atom is 0.310 e. The Kier molecular flexibility index (Phi) is 5.87. The highest BCUT2D eigenvalue weighted by Gasteiger charge is 2.09. The fraction of sp³-hybridized carbons (Fsp3) is 0.692. The first-order valence-electron chi connectivity index (χ1n) is 5.89. The topological polar surface area (TPSA) is 26.3 Å². The fourth-order valence-electron chi connectivity index (χ4n) is 1.87. The zero-order chi connectivity index (χ0) is 10.9. The first-order chi connectivity index (χ1) is 7.33. The number of rotatable bonds is 4. The summed E-state index contributed by atoms with van der Waals surface area (Å²) in [7, 11) is 0. The van der Waals surface area contributed by atoms with Gasteiger partial charge in [-0.3, -0.25) is 4.79 Å². The van der Waals surface area contributed by atoms with Crippen molar-refractivity contribution >= 4 is 5.97 Å². The Balaban J connectivity index is 2.23. The number of hydrogen-bond acceptors (Lipinski definition) is 2. The van der Waals surface area contributed by atoms with E-state index in [4.69, 9.17) is 4.74 Å². The average molecular weight is 208 g/mol. The molecule has 84 valence electrons. The lowest BCUT2D eigenvalue weighted by Crippen LogP contribution is -2.02. The van der Waals surface area contributed by atoms with Crippen LogP contribution in [0.1, 0.15) is 45.4 Å². The molecule has 0 amide bonds. The normalized spacial score (nSPS) is 16.6. The van der Waals surface area contributed by atoms with Crippen molar-refractivity contribution in [3.63, 3.8) is 0 Å². The van der Waals surface area contributed by atoms with Crippen LogP contribution in [-0.4, -0.2) is 12.6 Å². The van der Waals surface area contributed by atoms with Crippen molar-refractivity contribution in [1.82, 2.24) is 0 Å². The molecule has 15 heavy (non-hydrogen) atoms. The molecule has 1 rings (SSSR count). The van der Waals surface area contributed by atoms with Crippen LogP contribution in [0.25, 0.3) is 0 Å². The molecule has 0 aromatic heterocycles. The summed E-state index contributed by atoms with van der Waals surface area (Å²) in [6.07, 6.45) is 10.8. The average Bonchev–Trinajstić information content (AvgIpc) is 2.26. The zero-order valence-corrected chi connectivity index (χ0v) is 9.50. The number of ether oxygens (including phenoxy) is 1. The number of esters is 1. The molecule has 0 aromatic carbocycles. The predicted molar refractivity (Wildman–Crippen MR) is 60.5 cm³/mol. The molecular formula is C13H20O2. The van der Waals surface area contributed by atoms with Gasteiger partial charge in [-0.15, -0.1) is 5.73 Å². The Hall–Kier alpha value is -1.01. The smallest absolute Gasteiger partial charge is 0.310 e. The van der Waals surface area contributed by atoms with Crippen LogP contribution in [-0.2, 0) is 9.53 Å². The summed E-state index contributed by atoms with van der Waals surface area (Å²) >= 11 is 0. The van der Waals surface area contributed by atoms with Crippen LogP contribution < -0.4 is 0 Å². The third kappa shape index (κ3) is 5.44. The van der Waals surface area contributed by atoms with Crippen LogP contribution in [0.15, 0.2) is 17.9 Å². The number of carbonyl (C=O) groups excluding carboxylic acids is 1. The van der Waals surface area contributed by atoms with E-state index in [1.807, 2.05) is 6.92 Å². The van der Waals surface area contributed by atoms with Crippen LogP contribution in [0.3, 0.4) is 0 Å². The predicted octanol–water partition coefficient (Wildman–Crippen LogP) is 3.23. The van der Waals surface area contributed by atoms with Crippen molar-refractivity contribution in [3.05, 3.63) is 17.9 Å². The first kappa shape index (κ1) is 12.1. The van der Waals surface area contributed by atoms with Gasteiger partial charge in [0.25, 0.3) is 0 Å². The Labute approximate surface area is 92.0 Å². The molecule has 0 N–H and O–H groups in total. The molecule has 0 spiro atoms. The fourth-order valence-corrected chi connectivity index (χ4v) is 1.87. The van der Waals surface area contributed by atoms with E-state index in [1.54, 1.807) is 6.08 Å². The second-order valence-corrected chi connectivity index (χ2v) is 3.94. The lowest BCUT2D eigenvalue weighted by molar-refractivity contribution is -0.142. The van der Waals surface area contributed by atoms with Crippen molar-refractivity contribution in [2.45, 2.75) is 45.4 Å². The van der Waals surface area contributed by atoms with Gasteiger partial charge in [-0.2, -0.15) is 0 Å². The highest BCUT2D eigenvalue weighted by molar-refractivity contribution is 5.70. The van der Waals surface area contributed by atoms with Crippen LogP contribution in [0.4, 0.5) is 0 Å². The zero-order valence-electron chi connectivity index (χ0n) is 9.50. The van der Waals surface area contributed by atoms with E-state index < -0.39 is 0 Å². The summed E-state index contributed by atoms with van der Waals surface area (Å²) < 4.78 is 4.81. The summed E-state index contributed by atoms with van der Waals surface area (Å²) in [6.45, 7) is 2.28. The van der Waals surface area contributed by atoms with Crippen molar-refractivity contribution in [2.24, 2.45) is 5.92 Å². The monoisotopic (exact) mass is 208 g/mol. The summed E-state index contributed by atoms with van der Waals surface area (Å²) in [5.74, 6) is 0.513. The van der Waals surface area contributed by atoms with Crippen molar-refractivity contribution < 1.29 is 9.53 Å². The molecule has 0 aromatic rings. The molecule has 0 heterocycles. The van der Waals surface area contributed by atoms with E-state index in [2.05, 4.69) is 11.8 Å². The lowest BCUT2D eigenvalue weighted by atomic mass is 9.89. The quantitative estimate of drug-likeness (QED) is 0.523. The summed E-state index contributed by atoms with van der Waals surface area (Å²) in [5.41, 5.74) is 3.09. The van der Waals surface area contributed by atoms with Gasteiger partial charge in [0.1, 0.15) is 0 Å². The Morgan fingerprint density at radius 2 is 2.13 bits per heavy atom. The molecule has 0 saturated heterocycles. The van der Waals surface area contributed by atoms with Gasteiger partial charge in [0.15, 0.2) is 0 Å². The molecule has 1 aliphatic rings. The Morgan fingerprint density at radius 1 is 1.40 bits per heavy atom. The first-order valence-corrected chi connectivity index (χ1v) is 5.89. The maximum atomic E-state index is 11.0. The molecule has 0 bridgehead atoms. The number of hydrogen-bond donors (Lipinski definition) is 0. The van der Waals surface area contributed by atoms with E-state index in [1.165, 1.54) is 32.1 Å². The lowest BCUT2D eigenvalue weighted by Gasteiger charge is -2.16. The molecule has 1 aliphatic carbocycles. The summed E-state index contributed by atoms with van der Waals surface area (Å²) in [4.78, 5) is 11.0. The van der Waals surface area contributed by atoms with E-state index in [0.29, 0.717) is 18.9 Å². The molecule has 0 aliphatic heterocycles. The van der Waals surface area contributed by atoms with Gasteiger partial charge >= 0.3 is 5.97 Å². The van der Waals surface area contributed by atoms with E-state index in [-0.39, 0.29) is 5.97 Å². The minimum absolute atomic E-state index is 0.165. The van der Waals surface area contributed by atoms with E-state index in [0.717, 1.165) is 0 Å². The van der Waals surface area contributed by atoms with Crippen molar-refractivity contribution in [1.29, 1.82) is 0 Å². The Morgan fingerprint density at radius 3 is 2.80 bits per heavy atom. The van der Waals surface area contributed by atoms with Gasteiger partial charge in [-0.25, -0.2) is 0 Å². The molecule has 0 atom stereocenters. The van der Waals surface area contributed by atoms with Gasteiger partial charge in [0.05, 0.1) is 13.0 Å². The molecule has 1 fully saturated rings. The van der Waals surface area contributed by atoms with Crippen LogP contribution in [0, 0.1) is 5.92 Å². The standard InChI is InChI=1S/C13H20O2/c1-2-15-13(14)11-7-6-10-12-8-4-3-5-9-12/h7,10,12H,2-5,8-9,11H2,1H3. The van der Waals surface area contributed by atoms with Gasteiger partial charge in [0, 0.05) is 0 Å². The molecule has 0 unspecified atom stereocenters. The van der Waals surface area contributed by atoms with Crippen LogP contribution in [0.2, 0.25) is 0 Å². The molecule has 2 nitrogen and oxygen atoms in total. The Bertz CT molecular complexity index is 243. The van der Waals surface area contributed by atoms with E-state index >= 15 is 0 Å². The number of carbonyl (C=O) groups is 1. The summed E-state index contributed by atoms with van der Waals surface area (Å²) in [6, 6.07) is 0. The van der Waals surface area contributed by atoms with Gasteiger partial charge < -0.3 is 4.74 Å². The highest BCUT2D eigenvalue weighted by atomic mass is 16.5. The van der Waals surface area contributed by atoms with Crippen molar-refractivity contribution in [2.75, 3.05) is 6.61 Å². The highest BCUT2D eigenvalue weighted by Crippen LogP contribution is 2.23. The third-order valence-electron chi connectivity index (χ3n) is 2.67. The maximum absolute atomic E-state index is 11.0. The molecular weight excluding hydrogens is 188 g/mol. The minimum Gasteiger partial charge on any atom is -0.466 e.